The quantitative estimate of drug-likeness (QED) is 0.193. The van der Waals surface area contributed by atoms with Crippen molar-refractivity contribution in [1.82, 2.24) is 19.9 Å². The highest BCUT2D eigenvalue weighted by molar-refractivity contribution is 7.06. The van der Waals surface area contributed by atoms with Crippen LogP contribution in [0.5, 0.6) is 5.75 Å². The SMILES string of the molecule is Cc1snc2c1C(=O)NC(NC(=O)OC(C)(C)C)=NCc1cc(Cl)c(c(Cl)c1)NC(=O)CN(C(=O)OC(C)(C)C)CCC/C=C/COc1ccc-2cc1. The Labute approximate surface area is 323 Å². The van der Waals surface area contributed by atoms with Crippen molar-refractivity contribution >= 4 is 70.4 Å². The fourth-order valence-corrected chi connectivity index (χ4v) is 6.21. The number of aromatic nitrogens is 1. The van der Waals surface area contributed by atoms with E-state index in [1.165, 1.54) is 16.4 Å². The Morgan fingerprint density at radius 1 is 0.962 bits per heavy atom. The first-order valence-electron chi connectivity index (χ1n) is 16.8. The van der Waals surface area contributed by atoms with Crippen molar-refractivity contribution < 1.29 is 33.4 Å². The van der Waals surface area contributed by atoms with Crippen LogP contribution in [0.4, 0.5) is 15.3 Å². The van der Waals surface area contributed by atoms with Gasteiger partial charge in [-0.1, -0.05) is 35.4 Å². The molecule has 7 rings (SSSR count). The molecule has 2 aromatic carbocycles. The number of carbonyl (C=O) groups excluding carboxylic acids is 4. The zero-order valence-corrected chi connectivity index (χ0v) is 33.1. The second-order valence-electron chi connectivity index (χ2n) is 14.0. The summed E-state index contributed by atoms with van der Waals surface area (Å²) in [6.07, 6.45) is 3.51. The van der Waals surface area contributed by atoms with Gasteiger partial charge in [-0.05, 0) is 115 Å². The van der Waals surface area contributed by atoms with Gasteiger partial charge in [-0.2, -0.15) is 4.37 Å². The zero-order chi connectivity index (χ0) is 38.9. The van der Waals surface area contributed by atoms with Gasteiger partial charge in [0.2, 0.25) is 11.9 Å². The molecule has 4 aliphatic heterocycles. The highest BCUT2D eigenvalue weighted by Gasteiger charge is 2.26. The Bertz CT molecular complexity index is 1860. The second kappa shape index (κ2) is 17.9. The largest absolute Gasteiger partial charge is 0.490 e. The molecule has 4 aliphatic rings. The molecule has 4 amide bonds. The van der Waals surface area contributed by atoms with Crippen LogP contribution in [0, 0.1) is 6.92 Å². The van der Waals surface area contributed by atoms with Crippen molar-refractivity contribution in [2.24, 2.45) is 4.99 Å². The predicted molar refractivity (Wildman–Crippen MR) is 207 cm³/mol. The van der Waals surface area contributed by atoms with Gasteiger partial charge in [-0.25, -0.2) is 14.6 Å². The first-order chi connectivity index (χ1) is 24.9. The Morgan fingerprint density at radius 3 is 2.26 bits per heavy atom. The van der Waals surface area contributed by atoms with E-state index in [0.29, 0.717) is 52.5 Å². The summed E-state index contributed by atoms with van der Waals surface area (Å²) in [5.74, 6) is -0.664. The van der Waals surface area contributed by atoms with Crippen LogP contribution in [0.1, 0.15) is 75.2 Å². The van der Waals surface area contributed by atoms with Gasteiger partial charge in [0, 0.05) is 17.0 Å². The minimum absolute atomic E-state index is 0.0882. The summed E-state index contributed by atoms with van der Waals surface area (Å²) in [5, 5.41) is 8.12. The van der Waals surface area contributed by atoms with E-state index in [9.17, 15) is 19.2 Å². The maximum atomic E-state index is 13.8. The van der Waals surface area contributed by atoms with E-state index in [1.54, 1.807) is 84.9 Å². The summed E-state index contributed by atoms with van der Waals surface area (Å²) in [4.78, 5) is 59.2. The standard InChI is InChI=1S/C37H44Cl2N6O7S/c1-22-29-30(44-53-22)24-12-14-25(15-13-24)50-17-11-9-8-10-16-45(35(49)52-37(5,6)7)21-28(46)41-31-26(38)18-23(19-27(31)39)20-40-33(42-32(29)47)43-34(48)51-36(2,3)4/h9,11-15,18-19H,8,10,16-17,20-21H2,1-7H3,(H,41,46)(H2,40,42,43,47,48)/b11-9+. The van der Waals surface area contributed by atoms with E-state index in [2.05, 4.69) is 25.3 Å². The molecular weight excluding hydrogens is 743 g/mol. The molecule has 0 fully saturated rings. The molecule has 3 aromatic rings. The number of halogens is 2. The number of ether oxygens (including phenoxy) is 3. The number of aryl methyl sites for hydroxylation is 1. The molecule has 0 radical (unpaired) electrons. The van der Waals surface area contributed by atoms with Gasteiger partial charge < -0.3 is 19.5 Å². The first-order valence-corrected chi connectivity index (χ1v) is 18.4. The van der Waals surface area contributed by atoms with Crippen LogP contribution in [-0.2, 0) is 20.8 Å². The molecule has 3 N–H and O–H groups in total. The van der Waals surface area contributed by atoms with Crippen molar-refractivity contribution in [2.45, 2.75) is 79.1 Å². The third-order valence-corrected chi connectivity index (χ3v) is 8.50. The Hall–Kier alpha value is -4.66. The molecule has 13 nitrogen and oxygen atoms in total. The molecule has 0 saturated carbocycles. The molecule has 0 atom stereocenters. The number of allylic oxidation sites excluding steroid dienone is 1. The number of anilines is 1. The van der Waals surface area contributed by atoms with E-state index in [1.807, 2.05) is 12.2 Å². The van der Waals surface area contributed by atoms with E-state index >= 15 is 0 Å². The van der Waals surface area contributed by atoms with Crippen molar-refractivity contribution in [3.05, 3.63) is 74.6 Å². The Balaban J connectivity index is 1.69. The van der Waals surface area contributed by atoms with Gasteiger partial charge in [0.1, 0.15) is 30.1 Å². The predicted octanol–water partition coefficient (Wildman–Crippen LogP) is 8.14. The van der Waals surface area contributed by atoms with Gasteiger partial charge >= 0.3 is 12.2 Å². The molecule has 4 bridgehead atoms. The van der Waals surface area contributed by atoms with Crippen LogP contribution in [0.15, 0.2) is 53.5 Å². The maximum absolute atomic E-state index is 13.8. The lowest BCUT2D eigenvalue weighted by Crippen LogP contribution is -2.46. The summed E-state index contributed by atoms with van der Waals surface area (Å²) in [6.45, 7) is 12.3. The van der Waals surface area contributed by atoms with E-state index in [4.69, 9.17) is 37.4 Å². The summed E-state index contributed by atoms with van der Waals surface area (Å²) in [6, 6.07) is 10.3. The average molecular weight is 788 g/mol. The van der Waals surface area contributed by atoms with Crippen LogP contribution >= 0.6 is 34.7 Å². The highest BCUT2D eigenvalue weighted by atomic mass is 35.5. The van der Waals surface area contributed by atoms with Crippen molar-refractivity contribution in [3.63, 3.8) is 0 Å². The number of nitrogens with zero attached hydrogens (tertiary/aromatic N) is 3. The van der Waals surface area contributed by atoms with Gasteiger partial charge in [0.15, 0.2) is 0 Å². The average Bonchev–Trinajstić information content (AvgIpc) is 3.43. The summed E-state index contributed by atoms with van der Waals surface area (Å²) in [7, 11) is 0. The number of aliphatic imine (C=N–C) groups is 1. The van der Waals surface area contributed by atoms with Crippen LogP contribution in [0.2, 0.25) is 10.0 Å². The molecule has 0 saturated heterocycles. The fraction of sp³-hybridized carbons (Fsp3) is 0.405. The molecule has 16 heteroatoms. The Morgan fingerprint density at radius 2 is 1.62 bits per heavy atom. The second-order valence-corrected chi connectivity index (χ2v) is 15.8. The molecule has 0 aliphatic carbocycles. The molecule has 0 spiro atoms. The number of guanidine groups is 1. The summed E-state index contributed by atoms with van der Waals surface area (Å²) in [5.41, 5.74) is 0.492. The lowest BCUT2D eigenvalue weighted by atomic mass is 10.1. The monoisotopic (exact) mass is 786 g/mol. The Kier molecular flexibility index (Phi) is 13.9. The smallest absolute Gasteiger partial charge is 0.414 e. The first kappa shape index (κ1) is 41.1. The van der Waals surface area contributed by atoms with Crippen molar-refractivity contribution in [2.75, 3.05) is 25.0 Å². The topological polar surface area (TPSA) is 161 Å². The summed E-state index contributed by atoms with van der Waals surface area (Å²) < 4.78 is 21.3. The van der Waals surface area contributed by atoms with E-state index in [-0.39, 0.29) is 41.3 Å². The van der Waals surface area contributed by atoms with E-state index in [0.717, 1.165) is 0 Å². The van der Waals surface area contributed by atoms with Gasteiger partial charge in [-0.15, -0.1) is 0 Å². The van der Waals surface area contributed by atoms with Crippen LogP contribution in [0.3, 0.4) is 0 Å². The molecular formula is C37H44Cl2N6O7S. The van der Waals surface area contributed by atoms with Crippen molar-refractivity contribution in [3.8, 4) is 17.0 Å². The molecule has 1 aromatic heterocycles. The van der Waals surface area contributed by atoms with Crippen LogP contribution < -0.4 is 20.7 Å². The molecule has 5 heterocycles. The summed E-state index contributed by atoms with van der Waals surface area (Å²) >= 11 is 14.3. The number of hydrogen-bond donors (Lipinski definition) is 3. The molecule has 284 valence electrons. The van der Waals surface area contributed by atoms with Gasteiger partial charge in [0.05, 0.1) is 33.5 Å². The van der Waals surface area contributed by atoms with Gasteiger partial charge in [-0.3, -0.25) is 25.1 Å². The van der Waals surface area contributed by atoms with Crippen molar-refractivity contribution in [1.29, 1.82) is 0 Å². The van der Waals surface area contributed by atoms with Gasteiger partial charge in [0.25, 0.3) is 5.91 Å². The fourth-order valence-electron chi connectivity index (χ4n) is 4.88. The normalized spacial score (nSPS) is 15.7. The lowest BCUT2D eigenvalue weighted by molar-refractivity contribution is -0.117. The third-order valence-electron chi connectivity index (χ3n) is 7.15. The number of amides is 4. The minimum atomic E-state index is -0.836. The lowest BCUT2D eigenvalue weighted by Gasteiger charge is -2.27. The highest BCUT2D eigenvalue weighted by Crippen LogP contribution is 2.33. The number of alkyl carbamates (subject to hydrolysis) is 1. The number of nitrogens with one attached hydrogen (secondary N) is 3. The van der Waals surface area contributed by atoms with Crippen LogP contribution in [0.25, 0.3) is 11.3 Å². The third kappa shape index (κ3) is 12.8. The zero-order valence-electron chi connectivity index (χ0n) is 30.7. The number of hydrogen-bond acceptors (Lipinski definition) is 10. The number of benzene rings is 2. The van der Waals surface area contributed by atoms with Crippen LogP contribution in [-0.4, -0.2) is 70.1 Å². The maximum Gasteiger partial charge on any atom is 0.414 e. The molecule has 53 heavy (non-hydrogen) atoms. The number of carbonyl (C=O) groups is 4. The van der Waals surface area contributed by atoms with E-state index < -0.39 is 35.2 Å². The number of rotatable bonds is 0. The minimum Gasteiger partial charge on any atom is -0.490 e. The molecule has 0 unspecified atom stereocenters.